The quantitative estimate of drug-likeness (QED) is 0.398. The van der Waals surface area contributed by atoms with Gasteiger partial charge in [-0.1, -0.05) is 0 Å². The number of ether oxygens (including phenoxy) is 2. The lowest BCUT2D eigenvalue weighted by molar-refractivity contribution is 0.102. The predicted octanol–water partition coefficient (Wildman–Crippen LogP) is 4.13. The van der Waals surface area contributed by atoms with Crippen LogP contribution < -0.4 is 15.0 Å². The van der Waals surface area contributed by atoms with Gasteiger partial charge in [0.2, 0.25) is 5.95 Å². The monoisotopic (exact) mass is 480 g/mol. The highest BCUT2D eigenvalue weighted by molar-refractivity contribution is 5.87. The lowest BCUT2D eigenvalue weighted by Gasteiger charge is -2.26. The van der Waals surface area contributed by atoms with Crippen LogP contribution in [-0.2, 0) is 11.8 Å². The number of morpholine rings is 1. The summed E-state index contributed by atoms with van der Waals surface area (Å²) in [6, 6.07) is 12.2. The molecule has 2 aromatic carbocycles. The first kappa shape index (κ1) is 21.0. The molecule has 2 unspecified atom stereocenters. The number of rotatable bonds is 5. The Balaban J connectivity index is 1.14. The molecule has 2 aliphatic rings. The molecule has 1 aliphatic heterocycles. The topological polar surface area (TPSA) is 103 Å². The van der Waals surface area contributed by atoms with Gasteiger partial charge < -0.3 is 24.3 Å². The van der Waals surface area contributed by atoms with Crippen molar-refractivity contribution in [1.82, 2.24) is 29.5 Å². The van der Waals surface area contributed by atoms with E-state index in [0.717, 1.165) is 46.7 Å². The van der Waals surface area contributed by atoms with Crippen LogP contribution in [0.15, 0.2) is 55.2 Å². The van der Waals surface area contributed by atoms with E-state index in [0.29, 0.717) is 41.6 Å². The van der Waals surface area contributed by atoms with E-state index in [4.69, 9.17) is 14.5 Å². The molecule has 4 heterocycles. The van der Waals surface area contributed by atoms with Crippen molar-refractivity contribution in [3.8, 4) is 11.5 Å². The smallest absolute Gasteiger partial charge is 0.226 e. The van der Waals surface area contributed by atoms with Crippen molar-refractivity contribution in [2.24, 2.45) is 7.05 Å². The third kappa shape index (κ3) is 3.66. The number of aryl methyl sites for hydroxylation is 2. The summed E-state index contributed by atoms with van der Waals surface area (Å²) in [5, 5.41) is 3.40. The summed E-state index contributed by atoms with van der Waals surface area (Å²) < 4.78 is 13.9. The highest BCUT2D eigenvalue weighted by Gasteiger charge is 2.46. The van der Waals surface area contributed by atoms with Gasteiger partial charge in [-0.15, -0.1) is 0 Å². The van der Waals surface area contributed by atoms with Gasteiger partial charge in [-0.2, -0.15) is 0 Å². The van der Waals surface area contributed by atoms with Gasteiger partial charge in [0.15, 0.2) is 5.82 Å². The second kappa shape index (κ2) is 8.13. The molecular formula is C26H24N8O2. The molecule has 10 nitrogen and oxygen atoms in total. The minimum Gasteiger partial charge on any atom is -0.457 e. The standard InChI is InChI=1S/C26H24N8O2/c1-15-9-16(3-6-22(15)36-17-4-5-20-18(10-17)30-14-33(20)2)31-25-24-19(28-13-29-25)12-27-26(32-24)34-7-8-35-23-11-21(23)34/h3-6,9-10,12-14,21,23H,7-8,11H2,1-2H3,(H,28,29,31). The lowest BCUT2D eigenvalue weighted by atomic mass is 10.2. The Morgan fingerprint density at radius 3 is 2.92 bits per heavy atom. The zero-order valence-corrected chi connectivity index (χ0v) is 19.9. The fourth-order valence-corrected chi connectivity index (χ4v) is 4.74. The normalized spacial score (nSPS) is 18.9. The molecule has 1 saturated carbocycles. The average molecular weight is 481 g/mol. The molecule has 5 aromatic rings. The minimum atomic E-state index is 0.303. The molecular weight excluding hydrogens is 456 g/mol. The third-order valence-corrected chi connectivity index (χ3v) is 6.75. The van der Waals surface area contributed by atoms with Crippen molar-refractivity contribution >= 4 is 39.5 Å². The maximum atomic E-state index is 6.16. The van der Waals surface area contributed by atoms with Gasteiger partial charge in [0.05, 0.1) is 42.3 Å². The molecule has 1 saturated heterocycles. The van der Waals surface area contributed by atoms with Gasteiger partial charge >= 0.3 is 0 Å². The molecule has 36 heavy (non-hydrogen) atoms. The van der Waals surface area contributed by atoms with Crippen molar-refractivity contribution in [2.45, 2.75) is 25.5 Å². The molecule has 2 atom stereocenters. The SMILES string of the molecule is Cc1cc(Nc2ncnc3cnc(N4CCOC5CC54)nc23)ccc1Oc1ccc2c(c1)ncn2C. The maximum absolute atomic E-state index is 6.16. The Kier molecular flexibility index (Phi) is 4.74. The molecule has 2 fully saturated rings. The highest BCUT2D eigenvalue weighted by atomic mass is 16.5. The number of anilines is 3. The number of hydrogen-bond acceptors (Lipinski definition) is 9. The summed E-state index contributed by atoms with van der Waals surface area (Å²) >= 11 is 0. The van der Waals surface area contributed by atoms with Crippen molar-refractivity contribution in [1.29, 1.82) is 0 Å². The first-order chi connectivity index (χ1) is 17.6. The van der Waals surface area contributed by atoms with Gasteiger partial charge in [0.1, 0.15) is 28.9 Å². The van der Waals surface area contributed by atoms with Crippen molar-refractivity contribution < 1.29 is 9.47 Å². The Hall–Kier alpha value is -4.31. The van der Waals surface area contributed by atoms with Crippen LogP contribution >= 0.6 is 0 Å². The summed E-state index contributed by atoms with van der Waals surface area (Å²) in [7, 11) is 1.98. The van der Waals surface area contributed by atoms with E-state index < -0.39 is 0 Å². The molecule has 1 N–H and O–H groups in total. The van der Waals surface area contributed by atoms with Gasteiger partial charge in [0.25, 0.3) is 0 Å². The molecule has 10 heteroatoms. The number of nitrogens with zero attached hydrogens (tertiary/aromatic N) is 7. The summed E-state index contributed by atoms with van der Waals surface area (Å²) in [5.74, 6) is 2.86. The zero-order valence-electron chi connectivity index (χ0n) is 19.9. The van der Waals surface area contributed by atoms with Crippen molar-refractivity contribution in [3.63, 3.8) is 0 Å². The largest absolute Gasteiger partial charge is 0.457 e. The second-order valence-corrected chi connectivity index (χ2v) is 9.25. The van der Waals surface area contributed by atoms with E-state index in [-0.39, 0.29) is 0 Å². The maximum Gasteiger partial charge on any atom is 0.226 e. The van der Waals surface area contributed by atoms with Crippen molar-refractivity contribution in [2.75, 3.05) is 23.4 Å². The lowest BCUT2D eigenvalue weighted by Crippen LogP contribution is -2.37. The number of imidazole rings is 1. The van der Waals surface area contributed by atoms with E-state index in [9.17, 15) is 0 Å². The van der Waals surface area contributed by atoms with Gasteiger partial charge in [-0.25, -0.2) is 24.9 Å². The Morgan fingerprint density at radius 2 is 2.00 bits per heavy atom. The van der Waals surface area contributed by atoms with Crippen LogP contribution in [0.2, 0.25) is 0 Å². The van der Waals surface area contributed by atoms with E-state index in [1.54, 1.807) is 12.5 Å². The Labute approximate surface area is 207 Å². The Morgan fingerprint density at radius 1 is 1.06 bits per heavy atom. The second-order valence-electron chi connectivity index (χ2n) is 9.25. The van der Waals surface area contributed by atoms with E-state index in [1.807, 2.05) is 54.9 Å². The summed E-state index contributed by atoms with van der Waals surface area (Å²) in [6.07, 6.45) is 6.42. The third-order valence-electron chi connectivity index (χ3n) is 6.75. The predicted molar refractivity (Wildman–Crippen MR) is 136 cm³/mol. The summed E-state index contributed by atoms with van der Waals surface area (Å²) in [4.78, 5) is 24.9. The average Bonchev–Trinajstić information content (AvgIpc) is 3.61. The van der Waals surface area contributed by atoms with E-state index in [1.165, 1.54) is 6.33 Å². The van der Waals surface area contributed by atoms with Gasteiger partial charge in [0, 0.05) is 25.3 Å². The summed E-state index contributed by atoms with van der Waals surface area (Å²) in [5.41, 5.74) is 5.22. The molecule has 3 aromatic heterocycles. The fraction of sp³-hybridized carbons (Fsp3) is 0.269. The number of nitrogens with one attached hydrogen (secondary N) is 1. The van der Waals surface area contributed by atoms with Crippen LogP contribution in [0.3, 0.4) is 0 Å². The minimum absolute atomic E-state index is 0.303. The Bertz CT molecular complexity index is 1620. The first-order valence-corrected chi connectivity index (χ1v) is 11.9. The van der Waals surface area contributed by atoms with E-state index >= 15 is 0 Å². The van der Waals surface area contributed by atoms with Crippen LogP contribution in [0.4, 0.5) is 17.5 Å². The van der Waals surface area contributed by atoms with Crippen molar-refractivity contribution in [3.05, 3.63) is 60.8 Å². The molecule has 0 spiro atoms. The molecule has 1 aliphatic carbocycles. The molecule has 7 rings (SSSR count). The van der Waals surface area contributed by atoms with Crippen LogP contribution in [-0.4, -0.2) is 54.8 Å². The molecule has 0 amide bonds. The first-order valence-electron chi connectivity index (χ1n) is 11.9. The molecule has 180 valence electrons. The zero-order chi connectivity index (χ0) is 24.2. The number of benzene rings is 2. The van der Waals surface area contributed by atoms with Crippen LogP contribution in [0.5, 0.6) is 11.5 Å². The number of fused-ring (bicyclic) bond motifs is 3. The van der Waals surface area contributed by atoms with Crippen LogP contribution in [0.25, 0.3) is 22.1 Å². The number of hydrogen-bond donors (Lipinski definition) is 1. The van der Waals surface area contributed by atoms with Crippen LogP contribution in [0.1, 0.15) is 12.0 Å². The van der Waals surface area contributed by atoms with Gasteiger partial charge in [-0.05, 0) is 49.2 Å². The fourth-order valence-electron chi connectivity index (χ4n) is 4.74. The number of aromatic nitrogens is 6. The highest BCUT2D eigenvalue weighted by Crippen LogP contribution is 2.37. The van der Waals surface area contributed by atoms with Crippen LogP contribution in [0, 0.1) is 6.92 Å². The van der Waals surface area contributed by atoms with E-state index in [2.05, 4.69) is 30.2 Å². The summed E-state index contributed by atoms with van der Waals surface area (Å²) in [6.45, 7) is 3.50. The molecule has 0 bridgehead atoms. The van der Waals surface area contributed by atoms with Gasteiger partial charge in [-0.3, -0.25) is 0 Å². The molecule has 0 radical (unpaired) electrons.